The number of ether oxygens (including phenoxy) is 1. The van der Waals surface area contributed by atoms with Crippen LogP contribution in [0.25, 0.3) is 0 Å². The molecule has 6 nitrogen and oxygen atoms in total. The number of alkyl carbamates (subject to hydrolysis) is 1. The lowest BCUT2D eigenvalue weighted by Crippen LogP contribution is -2.54. The van der Waals surface area contributed by atoms with Crippen LogP contribution in [-0.4, -0.2) is 43.3 Å². The zero-order valence-electron chi connectivity index (χ0n) is 15.5. The Bertz CT molecular complexity index is 533. The monoisotopic (exact) mass is 354 g/mol. The minimum absolute atomic E-state index is 0.422. The van der Waals surface area contributed by atoms with Crippen LogP contribution < -0.4 is 16.0 Å². The molecular formula is C17H30N4O2S. The van der Waals surface area contributed by atoms with E-state index in [1.165, 1.54) is 5.56 Å². The van der Waals surface area contributed by atoms with Gasteiger partial charge in [0.25, 0.3) is 0 Å². The summed E-state index contributed by atoms with van der Waals surface area (Å²) in [7, 11) is 1.73. The van der Waals surface area contributed by atoms with E-state index in [4.69, 9.17) is 4.74 Å². The molecule has 0 unspecified atom stereocenters. The van der Waals surface area contributed by atoms with Crippen LogP contribution in [0.5, 0.6) is 0 Å². The number of thiophene rings is 1. The van der Waals surface area contributed by atoms with Gasteiger partial charge in [-0.3, -0.25) is 4.99 Å². The van der Waals surface area contributed by atoms with Crippen LogP contribution in [0.3, 0.4) is 0 Å². The highest BCUT2D eigenvalue weighted by Crippen LogP contribution is 2.09. The molecule has 0 aromatic carbocycles. The summed E-state index contributed by atoms with van der Waals surface area (Å²) in [6.45, 7) is 10.7. The van der Waals surface area contributed by atoms with E-state index in [1.54, 1.807) is 18.4 Å². The standard InChI is InChI=1S/C17H30N4O2S/c1-16(2,3)23-15(22)21-17(4,5)12-20-14(18-6)19-9-7-13-8-10-24-11-13/h8,10-11H,7,9,12H2,1-6H3,(H,21,22)(H2,18,19,20). The summed E-state index contributed by atoms with van der Waals surface area (Å²) in [5.41, 5.74) is 0.343. The van der Waals surface area contributed by atoms with Crippen LogP contribution in [0.4, 0.5) is 4.79 Å². The van der Waals surface area contributed by atoms with Gasteiger partial charge in [-0.1, -0.05) is 0 Å². The van der Waals surface area contributed by atoms with Crippen molar-refractivity contribution in [3.05, 3.63) is 22.4 Å². The van der Waals surface area contributed by atoms with E-state index in [9.17, 15) is 4.79 Å². The van der Waals surface area contributed by atoms with Gasteiger partial charge in [0, 0.05) is 20.1 Å². The van der Waals surface area contributed by atoms with Crippen LogP contribution in [0.2, 0.25) is 0 Å². The molecule has 0 saturated carbocycles. The Labute approximate surface area is 149 Å². The number of aliphatic imine (C=N–C) groups is 1. The first-order chi connectivity index (χ1) is 11.1. The third-order valence-corrected chi connectivity index (χ3v) is 3.78. The number of nitrogens with one attached hydrogen (secondary N) is 3. The second-order valence-electron chi connectivity index (χ2n) is 7.24. The van der Waals surface area contributed by atoms with Gasteiger partial charge in [0.05, 0.1) is 5.54 Å². The van der Waals surface area contributed by atoms with Gasteiger partial charge in [-0.2, -0.15) is 11.3 Å². The van der Waals surface area contributed by atoms with Crippen LogP contribution in [0.1, 0.15) is 40.2 Å². The molecule has 1 aromatic heterocycles. The van der Waals surface area contributed by atoms with Crippen LogP contribution in [0, 0.1) is 0 Å². The molecule has 0 saturated heterocycles. The Morgan fingerprint density at radius 2 is 1.96 bits per heavy atom. The maximum atomic E-state index is 11.9. The molecular weight excluding hydrogens is 324 g/mol. The smallest absolute Gasteiger partial charge is 0.408 e. The molecule has 7 heteroatoms. The molecule has 0 aliphatic heterocycles. The van der Waals surface area contributed by atoms with Crippen molar-refractivity contribution in [2.24, 2.45) is 4.99 Å². The summed E-state index contributed by atoms with van der Waals surface area (Å²) >= 11 is 1.70. The predicted octanol–water partition coefficient (Wildman–Crippen LogP) is 2.76. The number of carbonyl (C=O) groups is 1. The zero-order valence-corrected chi connectivity index (χ0v) is 16.3. The molecule has 0 radical (unpaired) electrons. The molecule has 0 atom stereocenters. The summed E-state index contributed by atoms with van der Waals surface area (Å²) in [6, 6.07) is 2.12. The number of hydrogen-bond acceptors (Lipinski definition) is 4. The van der Waals surface area contributed by atoms with Crippen molar-refractivity contribution in [1.29, 1.82) is 0 Å². The number of guanidine groups is 1. The Hall–Kier alpha value is -1.76. The quantitative estimate of drug-likeness (QED) is 0.542. The first-order valence-electron chi connectivity index (χ1n) is 8.08. The highest BCUT2D eigenvalue weighted by atomic mass is 32.1. The van der Waals surface area contributed by atoms with Gasteiger partial charge in [-0.15, -0.1) is 0 Å². The fourth-order valence-electron chi connectivity index (χ4n) is 1.91. The highest BCUT2D eigenvalue weighted by Gasteiger charge is 2.24. The molecule has 0 bridgehead atoms. The van der Waals surface area contributed by atoms with Crippen LogP contribution in [0.15, 0.2) is 21.8 Å². The molecule has 1 amide bonds. The maximum Gasteiger partial charge on any atom is 0.408 e. The first-order valence-corrected chi connectivity index (χ1v) is 9.02. The van der Waals surface area contributed by atoms with Gasteiger partial charge >= 0.3 is 6.09 Å². The van der Waals surface area contributed by atoms with E-state index in [2.05, 4.69) is 37.8 Å². The number of carbonyl (C=O) groups excluding carboxylic acids is 1. The van der Waals surface area contributed by atoms with E-state index in [1.807, 2.05) is 34.6 Å². The average Bonchev–Trinajstić information content (AvgIpc) is 2.92. The minimum Gasteiger partial charge on any atom is -0.444 e. The van der Waals surface area contributed by atoms with Crippen molar-refractivity contribution in [1.82, 2.24) is 16.0 Å². The minimum atomic E-state index is -0.507. The van der Waals surface area contributed by atoms with Crippen molar-refractivity contribution >= 4 is 23.4 Å². The van der Waals surface area contributed by atoms with E-state index in [-0.39, 0.29) is 0 Å². The van der Waals surface area contributed by atoms with Gasteiger partial charge in [0.1, 0.15) is 5.60 Å². The number of amides is 1. The summed E-state index contributed by atoms with van der Waals surface area (Å²) in [4.78, 5) is 16.1. The first kappa shape index (κ1) is 20.3. The Morgan fingerprint density at radius 3 is 2.50 bits per heavy atom. The Kier molecular flexibility index (Phi) is 7.54. The largest absolute Gasteiger partial charge is 0.444 e. The second kappa shape index (κ2) is 8.92. The van der Waals surface area contributed by atoms with E-state index < -0.39 is 17.2 Å². The molecule has 1 aromatic rings. The molecule has 0 spiro atoms. The van der Waals surface area contributed by atoms with Gasteiger partial charge < -0.3 is 20.7 Å². The third-order valence-electron chi connectivity index (χ3n) is 3.05. The SMILES string of the molecule is CN=C(NCCc1ccsc1)NCC(C)(C)NC(=O)OC(C)(C)C. The maximum absolute atomic E-state index is 11.9. The van der Waals surface area contributed by atoms with Crippen LogP contribution >= 0.6 is 11.3 Å². The number of hydrogen-bond donors (Lipinski definition) is 3. The van der Waals surface area contributed by atoms with E-state index in [0.717, 1.165) is 13.0 Å². The predicted molar refractivity (Wildman–Crippen MR) is 101 cm³/mol. The molecule has 3 N–H and O–H groups in total. The fourth-order valence-corrected chi connectivity index (χ4v) is 2.61. The molecule has 1 rings (SSSR count). The third kappa shape index (κ3) is 8.76. The molecule has 136 valence electrons. The van der Waals surface area contributed by atoms with Crippen LogP contribution in [-0.2, 0) is 11.2 Å². The van der Waals surface area contributed by atoms with Crippen molar-refractivity contribution in [2.75, 3.05) is 20.1 Å². The second-order valence-corrected chi connectivity index (χ2v) is 8.02. The number of nitrogens with zero attached hydrogens (tertiary/aromatic N) is 1. The van der Waals surface area contributed by atoms with E-state index in [0.29, 0.717) is 12.5 Å². The summed E-state index contributed by atoms with van der Waals surface area (Å²) < 4.78 is 5.29. The Balaban J connectivity index is 2.36. The highest BCUT2D eigenvalue weighted by molar-refractivity contribution is 7.07. The Morgan fingerprint density at radius 1 is 1.25 bits per heavy atom. The molecule has 24 heavy (non-hydrogen) atoms. The molecule has 1 heterocycles. The van der Waals surface area contributed by atoms with Crippen molar-refractivity contribution in [2.45, 2.75) is 52.2 Å². The normalized spacial score (nSPS) is 12.7. The summed E-state index contributed by atoms with van der Waals surface area (Å²) in [5, 5.41) is 13.6. The van der Waals surface area contributed by atoms with Gasteiger partial charge in [0.15, 0.2) is 5.96 Å². The lowest BCUT2D eigenvalue weighted by atomic mass is 10.1. The van der Waals surface area contributed by atoms with Crippen molar-refractivity contribution in [3.63, 3.8) is 0 Å². The van der Waals surface area contributed by atoms with Gasteiger partial charge in [-0.05, 0) is 63.4 Å². The lowest BCUT2D eigenvalue weighted by Gasteiger charge is -2.29. The zero-order chi connectivity index (χ0) is 18.2. The van der Waals surface area contributed by atoms with Gasteiger partial charge in [-0.25, -0.2) is 4.79 Å². The topological polar surface area (TPSA) is 74.8 Å². The van der Waals surface area contributed by atoms with Gasteiger partial charge in [0.2, 0.25) is 0 Å². The van der Waals surface area contributed by atoms with Crippen molar-refractivity contribution < 1.29 is 9.53 Å². The lowest BCUT2D eigenvalue weighted by molar-refractivity contribution is 0.0474. The molecule has 0 aliphatic rings. The number of rotatable bonds is 6. The summed E-state index contributed by atoms with van der Waals surface area (Å²) in [6.07, 6.45) is 0.527. The molecule has 0 fully saturated rings. The van der Waals surface area contributed by atoms with E-state index >= 15 is 0 Å². The summed E-state index contributed by atoms with van der Waals surface area (Å²) in [5.74, 6) is 0.712. The van der Waals surface area contributed by atoms with Crippen molar-refractivity contribution in [3.8, 4) is 0 Å². The fraction of sp³-hybridized carbons (Fsp3) is 0.647. The average molecular weight is 355 g/mol. The molecule has 0 aliphatic carbocycles.